The zero-order chi connectivity index (χ0) is 21.7. The van der Waals surface area contributed by atoms with Gasteiger partial charge in [0.2, 0.25) is 0 Å². The first-order valence-electron chi connectivity index (χ1n) is 10.9. The highest BCUT2D eigenvalue weighted by atomic mass is 35.5. The van der Waals surface area contributed by atoms with Gasteiger partial charge in [-0.05, 0) is 18.3 Å². The van der Waals surface area contributed by atoms with Crippen molar-refractivity contribution >= 4 is 17.3 Å². The summed E-state index contributed by atoms with van der Waals surface area (Å²) in [5.74, 6) is 6.49. The van der Waals surface area contributed by atoms with E-state index in [1.54, 1.807) is 6.20 Å². The quantitative estimate of drug-likeness (QED) is 0.565. The molecule has 0 aromatic carbocycles. The molecule has 2 saturated heterocycles. The van der Waals surface area contributed by atoms with E-state index in [4.69, 9.17) is 16.3 Å². The van der Waals surface area contributed by atoms with Gasteiger partial charge in [0.1, 0.15) is 5.15 Å². The van der Waals surface area contributed by atoms with Crippen LogP contribution in [0.2, 0.25) is 5.15 Å². The summed E-state index contributed by atoms with van der Waals surface area (Å²) in [6.07, 6.45) is 7.42. The number of hydrogen-bond donors (Lipinski definition) is 1. The van der Waals surface area contributed by atoms with E-state index < -0.39 is 0 Å². The van der Waals surface area contributed by atoms with Crippen LogP contribution in [-0.4, -0.2) is 77.3 Å². The van der Waals surface area contributed by atoms with Crippen LogP contribution in [0.5, 0.6) is 0 Å². The fourth-order valence-electron chi connectivity index (χ4n) is 3.98. The predicted molar refractivity (Wildman–Crippen MR) is 121 cm³/mol. The van der Waals surface area contributed by atoms with Crippen LogP contribution in [-0.2, 0) is 11.3 Å². The van der Waals surface area contributed by atoms with Crippen molar-refractivity contribution in [3.05, 3.63) is 40.9 Å². The van der Waals surface area contributed by atoms with Crippen LogP contribution in [0.1, 0.15) is 30.9 Å². The summed E-state index contributed by atoms with van der Waals surface area (Å²) in [5.41, 5.74) is 2.74. The van der Waals surface area contributed by atoms with Crippen LogP contribution < -0.4 is 4.90 Å². The molecule has 0 atom stereocenters. The summed E-state index contributed by atoms with van der Waals surface area (Å²) in [6.45, 7) is 9.48. The number of pyridine rings is 1. The normalized spacial score (nSPS) is 19.1. The number of morpholine rings is 1. The summed E-state index contributed by atoms with van der Waals surface area (Å²) in [7, 11) is 0. The standard InChI is InChI=1S/C23H30ClN5O2/c1-23(18-30)4-6-28(7-5-23)21-14-22(24)25-16-20(21)3-2-19-15-26-29(17-19)9-8-27-10-12-31-13-11-27/h14-17,30H,4-13,18H2,1H3. The van der Waals surface area contributed by atoms with Crippen molar-refractivity contribution in [3.8, 4) is 11.8 Å². The average molecular weight is 444 g/mol. The number of ether oxygens (including phenoxy) is 1. The van der Waals surface area contributed by atoms with Gasteiger partial charge in [-0.25, -0.2) is 4.98 Å². The van der Waals surface area contributed by atoms with Gasteiger partial charge in [-0.2, -0.15) is 5.10 Å². The molecule has 0 bridgehead atoms. The molecule has 2 aliphatic heterocycles. The summed E-state index contributed by atoms with van der Waals surface area (Å²) in [4.78, 5) is 8.92. The van der Waals surface area contributed by atoms with Crippen molar-refractivity contribution in [1.82, 2.24) is 19.7 Å². The van der Waals surface area contributed by atoms with E-state index in [0.717, 1.165) is 82.1 Å². The third-order valence-corrected chi connectivity index (χ3v) is 6.47. The van der Waals surface area contributed by atoms with Gasteiger partial charge in [0, 0.05) is 57.8 Å². The lowest BCUT2D eigenvalue weighted by Gasteiger charge is -2.39. The smallest absolute Gasteiger partial charge is 0.131 e. The van der Waals surface area contributed by atoms with E-state index in [1.807, 2.05) is 23.1 Å². The summed E-state index contributed by atoms with van der Waals surface area (Å²) in [6, 6.07) is 1.89. The number of aromatic nitrogens is 3. The number of halogens is 1. The average Bonchev–Trinajstić information content (AvgIpc) is 3.26. The Morgan fingerprint density at radius 2 is 1.90 bits per heavy atom. The van der Waals surface area contributed by atoms with Gasteiger partial charge in [0.05, 0.1) is 42.8 Å². The van der Waals surface area contributed by atoms with Crippen molar-refractivity contribution < 1.29 is 9.84 Å². The van der Waals surface area contributed by atoms with Gasteiger partial charge < -0.3 is 14.7 Å². The zero-order valence-electron chi connectivity index (χ0n) is 18.1. The van der Waals surface area contributed by atoms with Gasteiger partial charge in [-0.15, -0.1) is 0 Å². The molecule has 2 aromatic heterocycles. The monoisotopic (exact) mass is 443 g/mol. The summed E-state index contributed by atoms with van der Waals surface area (Å²) < 4.78 is 7.34. The van der Waals surface area contributed by atoms with Crippen molar-refractivity contribution in [2.75, 3.05) is 57.4 Å². The molecule has 8 heteroatoms. The van der Waals surface area contributed by atoms with Gasteiger partial charge in [0.15, 0.2) is 0 Å². The molecule has 7 nitrogen and oxygen atoms in total. The largest absolute Gasteiger partial charge is 0.396 e. The van der Waals surface area contributed by atoms with Crippen LogP contribution in [0, 0.1) is 17.3 Å². The maximum absolute atomic E-state index is 9.64. The highest BCUT2D eigenvalue weighted by molar-refractivity contribution is 6.29. The van der Waals surface area contributed by atoms with E-state index >= 15 is 0 Å². The molecule has 0 unspecified atom stereocenters. The van der Waals surface area contributed by atoms with Crippen molar-refractivity contribution in [2.24, 2.45) is 5.41 Å². The van der Waals surface area contributed by atoms with Crippen LogP contribution >= 0.6 is 11.6 Å². The molecule has 4 rings (SSSR count). The topological polar surface area (TPSA) is 66.7 Å². The Morgan fingerprint density at radius 3 is 2.65 bits per heavy atom. The number of anilines is 1. The SMILES string of the molecule is CC1(CO)CCN(c2cc(Cl)ncc2C#Cc2cnn(CCN3CCOCC3)c2)CC1. The third-order valence-electron chi connectivity index (χ3n) is 6.27. The summed E-state index contributed by atoms with van der Waals surface area (Å²) in [5, 5.41) is 14.6. The lowest BCUT2D eigenvalue weighted by Crippen LogP contribution is -2.40. The van der Waals surface area contributed by atoms with E-state index in [9.17, 15) is 5.11 Å². The molecule has 2 aliphatic rings. The highest BCUT2D eigenvalue weighted by Crippen LogP contribution is 2.34. The molecule has 1 N–H and O–H groups in total. The Balaban J connectivity index is 1.43. The number of hydrogen-bond acceptors (Lipinski definition) is 6. The van der Waals surface area contributed by atoms with Gasteiger partial charge in [0.25, 0.3) is 0 Å². The Morgan fingerprint density at radius 1 is 1.13 bits per heavy atom. The molecule has 0 saturated carbocycles. The minimum Gasteiger partial charge on any atom is -0.396 e. The maximum atomic E-state index is 9.64. The maximum Gasteiger partial charge on any atom is 0.131 e. The second-order valence-corrected chi connectivity index (χ2v) is 9.06. The molecular weight excluding hydrogens is 414 g/mol. The highest BCUT2D eigenvalue weighted by Gasteiger charge is 2.30. The molecule has 2 aromatic rings. The van der Waals surface area contributed by atoms with E-state index in [0.29, 0.717) is 5.15 Å². The van der Waals surface area contributed by atoms with Crippen LogP contribution in [0.15, 0.2) is 24.7 Å². The number of nitrogens with zero attached hydrogens (tertiary/aromatic N) is 5. The zero-order valence-corrected chi connectivity index (χ0v) is 18.8. The molecule has 2 fully saturated rings. The lowest BCUT2D eigenvalue weighted by atomic mass is 9.81. The Labute approximate surface area is 189 Å². The first-order valence-corrected chi connectivity index (χ1v) is 11.3. The fraction of sp³-hybridized carbons (Fsp3) is 0.565. The van der Waals surface area contributed by atoms with E-state index in [1.165, 1.54) is 0 Å². The predicted octanol–water partition coefficient (Wildman–Crippen LogP) is 2.26. The molecule has 0 radical (unpaired) electrons. The minimum atomic E-state index is -0.00499. The molecule has 0 aliphatic carbocycles. The second kappa shape index (κ2) is 10.0. The molecule has 0 amide bonds. The Bertz CT molecular complexity index is 937. The van der Waals surface area contributed by atoms with Crippen molar-refractivity contribution in [1.29, 1.82) is 0 Å². The molecule has 166 valence electrons. The molecular formula is C23H30ClN5O2. The lowest BCUT2D eigenvalue weighted by molar-refractivity contribution is 0.0360. The number of aliphatic hydroxyl groups excluding tert-OH is 1. The molecule has 31 heavy (non-hydrogen) atoms. The van der Waals surface area contributed by atoms with Gasteiger partial charge in [-0.1, -0.05) is 30.4 Å². The Hall–Kier alpha value is -2.11. The second-order valence-electron chi connectivity index (χ2n) is 8.68. The first kappa shape index (κ1) is 22.1. The van der Waals surface area contributed by atoms with Crippen molar-refractivity contribution in [2.45, 2.75) is 26.3 Å². The molecule has 4 heterocycles. The third kappa shape index (κ3) is 5.78. The van der Waals surface area contributed by atoms with Gasteiger partial charge in [-0.3, -0.25) is 9.58 Å². The van der Waals surface area contributed by atoms with Crippen LogP contribution in [0.25, 0.3) is 0 Å². The minimum absolute atomic E-state index is 0.00499. The van der Waals surface area contributed by atoms with Crippen LogP contribution in [0.3, 0.4) is 0 Å². The van der Waals surface area contributed by atoms with E-state index in [-0.39, 0.29) is 12.0 Å². The summed E-state index contributed by atoms with van der Waals surface area (Å²) >= 11 is 6.19. The van der Waals surface area contributed by atoms with E-state index in [2.05, 4.69) is 38.6 Å². The van der Waals surface area contributed by atoms with Gasteiger partial charge >= 0.3 is 0 Å². The number of piperidine rings is 1. The van der Waals surface area contributed by atoms with Crippen LogP contribution in [0.4, 0.5) is 5.69 Å². The Kier molecular flexibility index (Phi) is 7.13. The number of aliphatic hydroxyl groups is 1. The first-order chi connectivity index (χ1) is 15.0. The van der Waals surface area contributed by atoms with Crippen molar-refractivity contribution in [3.63, 3.8) is 0 Å². The fourth-order valence-corrected chi connectivity index (χ4v) is 4.13. The number of rotatable bonds is 5. The molecule has 0 spiro atoms.